The summed E-state index contributed by atoms with van der Waals surface area (Å²) in [5.41, 5.74) is 2.72. The zero-order valence-corrected chi connectivity index (χ0v) is 12.5. The molecule has 0 unspecified atom stereocenters. The Kier molecular flexibility index (Phi) is 4.19. The van der Waals surface area contributed by atoms with Gasteiger partial charge >= 0.3 is 0 Å². The molecule has 3 rings (SSSR count). The van der Waals surface area contributed by atoms with Crippen LogP contribution in [0.25, 0.3) is 5.57 Å². The van der Waals surface area contributed by atoms with Crippen molar-refractivity contribution in [1.82, 2.24) is 4.90 Å². The van der Waals surface area contributed by atoms with Crippen molar-refractivity contribution < 1.29 is 9.72 Å². The van der Waals surface area contributed by atoms with Gasteiger partial charge in [0, 0.05) is 30.8 Å². The Labute approximate surface area is 134 Å². The van der Waals surface area contributed by atoms with Crippen molar-refractivity contribution in [2.75, 3.05) is 13.1 Å². The number of nitro benzene ring substituents is 1. The highest BCUT2D eigenvalue weighted by Crippen LogP contribution is 2.22. The van der Waals surface area contributed by atoms with Crippen molar-refractivity contribution in [2.45, 2.75) is 6.42 Å². The van der Waals surface area contributed by atoms with E-state index in [2.05, 4.69) is 6.08 Å². The largest absolute Gasteiger partial charge is 0.334 e. The minimum absolute atomic E-state index is 0.00920. The maximum Gasteiger partial charge on any atom is 0.269 e. The predicted molar refractivity (Wildman–Crippen MR) is 88.0 cm³/mol. The van der Waals surface area contributed by atoms with E-state index in [1.54, 1.807) is 4.90 Å². The lowest BCUT2D eigenvalue weighted by atomic mass is 10.0. The van der Waals surface area contributed by atoms with Crippen molar-refractivity contribution in [3.8, 4) is 0 Å². The van der Waals surface area contributed by atoms with Crippen LogP contribution in [0.2, 0.25) is 0 Å². The first kappa shape index (κ1) is 15.0. The van der Waals surface area contributed by atoms with Gasteiger partial charge in [-0.25, -0.2) is 0 Å². The zero-order chi connectivity index (χ0) is 16.2. The first-order valence-electron chi connectivity index (χ1n) is 7.43. The molecule has 0 fully saturated rings. The van der Waals surface area contributed by atoms with Gasteiger partial charge in [0.15, 0.2) is 0 Å². The van der Waals surface area contributed by atoms with Crippen molar-refractivity contribution in [3.05, 3.63) is 81.9 Å². The van der Waals surface area contributed by atoms with E-state index in [-0.39, 0.29) is 11.6 Å². The summed E-state index contributed by atoms with van der Waals surface area (Å²) in [7, 11) is 0. The number of nitrogens with zero attached hydrogens (tertiary/aromatic N) is 2. The predicted octanol–water partition coefficient (Wildman–Crippen LogP) is 3.52. The Morgan fingerprint density at radius 2 is 1.74 bits per heavy atom. The van der Waals surface area contributed by atoms with Gasteiger partial charge < -0.3 is 4.90 Å². The van der Waals surface area contributed by atoms with Crippen LogP contribution in [-0.2, 0) is 0 Å². The number of benzene rings is 2. The van der Waals surface area contributed by atoms with E-state index < -0.39 is 4.92 Å². The van der Waals surface area contributed by atoms with Gasteiger partial charge in [-0.3, -0.25) is 14.9 Å². The number of amides is 1. The lowest BCUT2D eigenvalue weighted by molar-refractivity contribution is -0.384. The lowest BCUT2D eigenvalue weighted by Crippen LogP contribution is -2.35. The second-order valence-electron chi connectivity index (χ2n) is 5.41. The average molecular weight is 308 g/mol. The number of rotatable bonds is 3. The minimum atomic E-state index is -0.467. The maximum atomic E-state index is 12.6. The number of carbonyl (C=O) groups is 1. The highest BCUT2D eigenvalue weighted by Gasteiger charge is 2.20. The third kappa shape index (κ3) is 3.29. The molecule has 1 heterocycles. The minimum Gasteiger partial charge on any atom is -0.334 e. The average Bonchev–Trinajstić information content (AvgIpc) is 2.62. The summed E-state index contributed by atoms with van der Waals surface area (Å²) in [6.07, 6.45) is 2.97. The monoisotopic (exact) mass is 308 g/mol. The summed E-state index contributed by atoms with van der Waals surface area (Å²) in [6, 6.07) is 15.8. The fourth-order valence-electron chi connectivity index (χ4n) is 2.69. The van der Waals surface area contributed by atoms with Crippen molar-refractivity contribution in [3.63, 3.8) is 0 Å². The van der Waals surface area contributed by atoms with E-state index in [0.717, 1.165) is 17.6 Å². The standard InChI is InChI=1S/C18H16N2O3/c21-18(15-8-10-17(11-9-15)20(22)23)19-12-4-7-16(13-19)14-5-2-1-3-6-14/h1-3,5-11H,4,12-13H2. The zero-order valence-electron chi connectivity index (χ0n) is 12.5. The van der Waals surface area contributed by atoms with Gasteiger partial charge in [-0.1, -0.05) is 36.4 Å². The number of carbonyl (C=O) groups excluding carboxylic acids is 1. The third-order valence-corrected chi connectivity index (χ3v) is 3.91. The maximum absolute atomic E-state index is 12.6. The van der Waals surface area contributed by atoms with E-state index in [1.807, 2.05) is 30.3 Å². The highest BCUT2D eigenvalue weighted by molar-refractivity contribution is 5.95. The van der Waals surface area contributed by atoms with Gasteiger partial charge in [-0.05, 0) is 29.7 Å². The van der Waals surface area contributed by atoms with E-state index in [9.17, 15) is 14.9 Å². The molecule has 0 bridgehead atoms. The molecule has 0 aliphatic carbocycles. The molecule has 0 radical (unpaired) electrons. The van der Waals surface area contributed by atoms with Crippen LogP contribution in [0, 0.1) is 10.1 Å². The number of hydrogen-bond acceptors (Lipinski definition) is 3. The molecule has 2 aromatic rings. The molecule has 0 saturated carbocycles. The van der Waals surface area contributed by atoms with Crippen molar-refractivity contribution in [1.29, 1.82) is 0 Å². The molecule has 1 aliphatic heterocycles. The van der Waals surface area contributed by atoms with Gasteiger partial charge in [0.1, 0.15) is 0 Å². The van der Waals surface area contributed by atoms with Crippen LogP contribution in [-0.4, -0.2) is 28.8 Å². The van der Waals surface area contributed by atoms with Crippen LogP contribution in [0.1, 0.15) is 22.3 Å². The fraction of sp³-hybridized carbons (Fsp3) is 0.167. The number of non-ortho nitro benzene ring substituents is 1. The molecule has 0 atom stereocenters. The van der Waals surface area contributed by atoms with Crippen LogP contribution in [0.3, 0.4) is 0 Å². The molecule has 116 valence electrons. The summed E-state index contributed by atoms with van der Waals surface area (Å²) in [5.74, 6) is -0.0959. The molecule has 0 N–H and O–H groups in total. The lowest BCUT2D eigenvalue weighted by Gasteiger charge is -2.27. The number of hydrogen-bond donors (Lipinski definition) is 0. The second-order valence-corrected chi connectivity index (χ2v) is 5.41. The number of nitro groups is 1. The van der Waals surface area contributed by atoms with Gasteiger partial charge in [0.05, 0.1) is 4.92 Å². The quantitative estimate of drug-likeness (QED) is 0.643. The van der Waals surface area contributed by atoms with Crippen LogP contribution in [0.15, 0.2) is 60.7 Å². The van der Waals surface area contributed by atoms with Crippen LogP contribution in [0.4, 0.5) is 5.69 Å². The summed E-state index contributed by atoms with van der Waals surface area (Å²) in [6.45, 7) is 1.21. The Morgan fingerprint density at radius 3 is 2.39 bits per heavy atom. The smallest absolute Gasteiger partial charge is 0.269 e. The molecule has 0 saturated heterocycles. The summed E-state index contributed by atoms with van der Waals surface area (Å²) < 4.78 is 0. The SMILES string of the molecule is O=C(c1ccc([N+](=O)[O-])cc1)N1CCC=C(c2ccccc2)C1. The van der Waals surface area contributed by atoms with E-state index >= 15 is 0 Å². The fourth-order valence-corrected chi connectivity index (χ4v) is 2.69. The first-order valence-corrected chi connectivity index (χ1v) is 7.43. The highest BCUT2D eigenvalue weighted by atomic mass is 16.6. The van der Waals surface area contributed by atoms with Crippen LogP contribution >= 0.6 is 0 Å². The Bertz CT molecular complexity index is 752. The Hall–Kier alpha value is -2.95. The molecular formula is C18H16N2O3. The Morgan fingerprint density at radius 1 is 1.04 bits per heavy atom. The van der Waals surface area contributed by atoms with Gasteiger partial charge in [-0.15, -0.1) is 0 Å². The van der Waals surface area contributed by atoms with Gasteiger partial charge in [-0.2, -0.15) is 0 Å². The van der Waals surface area contributed by atoms with E-state index in [4.69, 9.17) is 0 Å². The summed E-state index contributed by atoms with van der Waals surface area (Å²) in [5, 5.41) is 10.7. The van der Waals surface area contributed by atoms with Crippen LogP contribution < -0.4 is 0 Å². The molecule has 5 nitrogen and oxygen atoms in total. The van der Waals surface area contributed by atoms with Crippen molar-refractivity contribution >= 4 is 17.2 Å². The Balaban J connectivity index is 1.76. The molecule has 0 aromatic heterocycles. The second kappa shape index (κ2) is 6.44. The summed E-state index contributed by atoms with van der Waals surface area (Å²) >= 11 is 0. The molecular weight excluding hydrogens is 292 g/mol. The van der Waals surface area contributed by atoms with Crippen LogP contribution in [0.5, 0.6) is 0 Å². The molecule has 2 aromatic carbocycles. The van der Waals surface area contributed by atoms with Gasteiger partial charge in [0.2, 0.25) is 0 Å². The normalized spacial score (nSPS) is 14.3. The van der Waals surface area contributed by atoms with Crippen molar-refractivity contribution in [2.24, 2.45) is 0 Å². The topological polar surface area (TPSA) is 63.4 Å². The summed E-state index contributed by atoms with van der Waals surface area (Å²) in [4.78, 5) is 24.6. The third-order valence-electron chi connectivity index (χ3n) is 3.91. The molecule has 1 aliphatic rings. The van der Waals surface area contributed by atoms with E-state index in [1.165, 1.54) is 24.3 Å². The molecule has 5 heteroatoms. The molecule has 0 spiro atoms. The molecule has 23 heavy (non-hydrogen) atoms. The van der Waals surface area contributed by atoms with Gasteiger partial charge in [0.25, 0.3) is 11.6 Å². The molecule has 1 amide bonds. The first-order chi connectivity index (χ1) is 11.1. The van der Waals surface area contributed by atoms with E-state index in [0.29, 0.717) is 18.7 Å².